The predicted molar refractivity (Wildman–Crippen MR) is 73.7 cm³/mol. The topological polar surface area (TPSA) is 65.2 Å². The number of aryl methyl sites for hydroxylation is 2. The van der Waals surface area contributed by atoms with E-state index in [-0.39, 0.29) is 6.61 Å². The van der Waals surface area contributed by atoms with E-state index in [4.69, 9.17) is 10.5 Å². The van der Waals surface area contributed by atoms with E-state index >= 15 is 0 Å². The molecule has 0 saturated heterocycles. The first-order chi connectivity index (χ1) is 9.08. The maximum absolute atomic E-state index is 12.0. The van der Waals surface area contributed by atoms with Gasteiger partial charge in [0.05, 0.1) is 23.1 Å². The molecule has 0 spiro atoms. The molecule has 1 heterocycles. The zero-order valence-electron chi connectivity index (χ0n) is 11.0. The SMILES string of the molecule is Cc1ccccc1COC(=O)c1cc(N)cnc1C. The molecule has 0 aliphatic rings. The van der Waals surface area contributed by atoms with Crippen molar-refractivity contribution < 1.29 is 9.53 Å². The molecule has 1 aromatic carbocycles. The fraction of sp³-hybridized carbons (Fsp3) is 0.200. The van der Waals surface area contributed by atoms with Gasteiger partial charge in [0.2, 0.25) is 0 Å². The van der Waals surface area contributed by atoms with Crippen LogP contribution in [0.2, 0.25) is 0 Å². The van der Waals surface area contributed by atoms with Crippen LogP contribution in [0.15, 0.2) is 36.5 Å². The maximum Gasteiger partial charge on any atom is 0.340 e. The van der Waals surface area contributed by atoms with Gasteiger partial charge >= 0.3 is 5.97 Å². The summed E-state index contributed by atoms with van der Waals surface area (Å²) in [5, 5.41) is 0. The Hall–Kier alpha value is -2.36. The maximum atomic E-state index is 12.0. The number of aromatic nitrogens is 1. The van der Waals surface area contributed by atoms with Crippen LogP contribution in [0.4, 0.5) is 5.69 Å². The van der Waals surface area contributed by atoms with Gasteiger partial charge in [-0.25, -0.2) is 4.79 Å². The molecular formula is C15H16N2O2. The summed E-state index contributed by atoms with van der Waals surface area (Å²) in [4.78, 5) is 16.0. The normalized spacial score (nSPS) is 10.2. The Labute approximate surface area is 112 Å². The van der Waals surface area contributed by atoms with Crippen molar-refractivity contribution in [3.63, 3.8) is 0 Å². The molecule has 2 N–H and O–H groups in total. The van der Waals surface area contributed by atoms with Crippen LogP contribution in [0, 0.1) is 13.8 Å². The Bertz CT molecular complexity index is 609. The van der Waals surface area contributed by atoms with Crippen LogP contribution in [0.3, 0.4) is 0 Å². The first kappa shape index (κ1) is 13.1. The molecule has 2 aromatic rings. The third kappa shape index (κ3) is 3.10. The Balaban J connectivity index is 2.10. The zero-order chi connectivity index (χ0) is 13.8. The molecule has 0 atom stereocenters. The van der Waals surface area contributed by atoms with Crippen molar-refractivity contribution in [2.45, 2.75) is 20.5 Å². The lowest BCUT2D eigenvalue weighted by Crippen LogP contribution is -2.09. The molecule has 0 radical (unpaired) electrons. The van der Waals surface area contributed by atoms with E-state index in [1.54, 1.807) is 13.0 Å². The second kappa shape index (κ2) is 5.52. The van der Waals surface area contributed by atoms with Crippen molar-refractivity contribution in [2.75, 3.05) is 5.73 Å². The van der Waals surface area contributed by atoms with Crippen molar-refractivity contribution in [2.24, 2.45) is 0 Å². The molecule has 1 aromatic heterocycles. The molecule has 0 unspecified atom stereocenters. The lowest BCUT2D eigenvalue weighted by atomic mass is 10.1. The number of rotatable bonds is 3. The highest BCUT2D eigenvalue weighted by atomic mass is 16.5. The molecule has 0 amide bonds. The highest BCUT2D eigenvalue weighted by Gasteiger charge is 2.12. The van der Waals surface area contributed by atoms with Crippen molar-refractivity contribution in [3.05, 3.63) is 58.9 Å². The third-order valence-corrected chi connectivity index (χ3v) is 2.95. The largest absolute Gasteiger partial charge is 0.457 e. The van der Waals surface area contributed by atoms with Gasteiger partial charge in [-0.15, -0.1) is 0 Å². The number of nitrogen functional groups attached to an aromatic ring is 1. The summed E-state index contributed by atoms with van der Waals surface area (Å²) in [5.74, 6) is -0.402. The van der Waals surface area contributed by atoms with Crippen molar-refractivity contribution in [1.82, 2.24) is 4.98 Å². The van der Waals surface area contributed by atoms with Crippen LogP contribution < -0.4 is 5.73 Å². The highest BCUT2D eigenvalue weighted by molar-refractivity contribution is 5.91. The smallest absolute Gasteiger partial charge is 0.340 e. The minimum Gasteiger partial charge on any atom is -0.457 e. The van der Waals surface area contributed by atoms with E-state index < -0.39 is 5.97 Å². The minimum absolute atomic E-state index is 0.250. The quantitative estimate of drug-likeness (QED) is 0.857. The Morgan fingerprint density at radius 3 is 2.79 bits per heavy atom. The van der Waals surface area contributed by atoms with Crippen LogP contribution in [-0.2, 0) is 11.3 Å². The first-order valence-electron chi connectivity index (χ1n) is 6.01. The number of ether oxygens (including phenoxy) is 1. The number of pyridine rings is 1. The summed E-state index contributed by atoms with van der Waals surface area (Å²) >= 11 is 0. The van der Waals surface area contributed by atoms with Gasteiger partial charge in [-0.05, 0) is 31.0 Å². The summed E-state index contributed by atoms with van der Waals surface area (Å²) in [5.41, 5.74) is 9.19. The van der Waals surface area contributed by atoms with E-state index in [1.165, 1.54) is 6.20 Å². The molecule has 0 fully saturated rings. The number of nitrogens with zero attached hydrogens (tertiary/aromatic N) is 1. The van der Waals surface area contributed by atoms with Crippen molar-refractivity contribution >= 4 is 11.7 Å². The molecule has 0 aliphatic heterocycles. The van der Waals surface area contributed by atoms with Gasteiger partial charge in [-0.1, -0.05) is 24.3 Å². The van der Waals surface area contributed by atoms with Crippen LogP contribution in [0.5, 0.6) is 0 Å². The molecule has 4 heteroatoms. The number of hydrogen-bond donors (Lipinski definition) is 1. The van der Waals surface area contributed by atoms with E-state index in [1.807, 2.05) is 31.2 Å². The van der Waals surface area contributed by atoms with Crippen LogP contribution >= 0.6 is 0 Å². The molecule has 0 aliphatic carbocycles. The second-order valence-corrected chi connectivity index (χ2v) is 4.40. The molecule has 98 valence electrons. The standard InChI is InChI=1S/C15H16N2O2/c1-10-5-3-4-6-12(10)9-19-15(18)14-7-13(16)8-17-11(14)2/h3-8H,9,16H2,1-2H3. The minimum atomic E-state index is -0.402. The summed E-state index contributed by atoms with van der Waals surface area (Å²) in [7, 11) is 0. The Morgan fingerprint density at radius 2 is 2.05 bits per heavy atom. The monoisotopic (exact) mass is 256 g/mol. The fourth-order valence-corrected chi connectivity index (χ4v) is 1.75. The molecule has 0 bridgehead atoms. The number of carbonyl (C=O) groups excluding carboxylic acids is 1. The van der Waals surface area contributed by atoms with Gasteiger partial charge in [0.1, 0.15) is 6.61 Å². The van der Waals surface area contributed by atoms with Crippen LogP contribution in [-0.4, -0.2) is 11.0 Å². The number of carbonyl (C=O) groups is 1. The highest BCUT2D eigenvalue weighted by Crippen LogP contribution is 2.13. The number of benzene rings is 1. The second-order valence-electron chi connectivity index (χ2n) is 4.40. The van der Waals surface area contributed by atoms with Gasteiger partial charge in [0, 0.05) is 0 Å². The summed E-state index contributed by atoms with van der Waals surface area (Å²) in [6.07, 6.45) is 1.52. The lowest BCUT2D eigenvalue weighted by molar-refractivity contribution is 0.0471. The van der Waals surface area contributed by atoms with Crippen molar-refractivity contribution in [1.29, 1.82) is 0 Å². The van der Waals surface area contributed by atoms with E-state index in [0.29, 0.717) is 16.9 Å². The van der Waals surface area contributed by atoms with Gasteiger partial charge in [-0.3, -0.25) is 4.98 Å². The van der Waals surface area contributed by atoms with Gasteiger partial charge in [-0.2, -0.15) is 0 Å². The first-order valence-corrected chi connectivity index (χ1v) is 6.01. The molecule has 19 heavy (non-hydrogen) atoms. The molecule has 4 nitrogen and oxygen atoms in total. The Kier molecular flexibility index (Phi) is 3.80. The van der Waals surface area contributed by atoms with E-state index in [2.05, 4.69) is 4.98 Å². The zero-order valence-corrected chi connectivity index (χ0v) is 11.0. The molecular weight excluding hydrogens is 240 g/mol. The van der Waals surface area contributed by atoms with Crippen LogP contribution in [0.25, 0.3) is 0 Å². The van der Waals surface area contributed by atoms with Crippen LogP contribution in [0.1, 0.15) is 27.2 Å². The number of hydrogen-bond acceptors (Lipinski definition) is 4. The lowest BCUT2D eigenvalue weighted by Gasteiger charge is -2.09. The summed E-state index contributed by atoms with van der Waals surface area (Å²) in [6, 6.07) is 9.38. The van der Waals surface area contributed by atoms with E-state index in [9.17, 15) is 4.79 Å². The fourth-order valence-electron chi connectivity index (χ4n) is 1.75. The number of nitrogens with two attached hydrogens (primary N) is 1. The van der Waals surface area contributed by atoms with Gasteiger partial charge < -0.3 is 10.5 Å². The average molecular weight is 256 g/mol. The molecule has 2 rings (SSSR count). The predicted octanol–water partition coefficient (Wildman–Crippen LogP) is 2.64. The van der Waals surface area contributed by atoms with E-state index in [0.717, 1.165) is 11.1 Å². The number of esters is 1. The number of anilines is 1. The molecule has 0 saturated carbocycles. The Morgan fingerprint density at radius 1 is 1.32 bits per heavy atom. The third-order valence-electron chi connectivity index (χ3n) is 2.95. The average Bonchev–Trinajstić information content (AvgIpc) is 2.40. The van der Waals surface area contributed by atoms with Gasteiger partial charge in [0.15, 0.2) is 0 Å². The van der Waals surface area contributed by atoms with Gasteiger partial charge in [0.25, 0.3) is 0 Å². The van der Waals surface area contributed by atoms with Crippen molar-refractivity contribution in [3.8, 4) is 0 Å². The summed E-state index contributed by atoms with van der Waals surface area (Å²) < 4.78 is 5.30. The summed E-state index contributed by atoms with van der Waals surface area (Å²) in [6.45, 7) is 3.99.